The van der Waals surface area contributed by atoms with Gasteiger partial charge in [0, 0.05) is 18.2 Å². The normalized spacial score (nSPS) is 13.8. The number of carbonyl (C=O) groups excluding carboxylic acids is 2. The molecule has 0 unspecified atom stereocenters. The van der Waals surface area contributed by atoms with E-state index < -0.39 is 5.97 Å². The van der Waals surface area contributed by atoms with Gasteiger partial charge in [-0.15, -0.1) is 0 Å². The average molecular weight is 553 g/mol. The van der Waals surface area contributed by atoms with Gasteiger partial charge in [-0.3, -0.25) is 4.79 Å². The number of aliphatic imine (C=N–C) groups is 1. The van der Waals surface area contributed by atoms with Crippen molar-refractivity contribution in [2.45, 2.75) is 20.5 Å². The third-order valence-corrected chi connectivity index (χ3v) is 5.57. The van der Waals surface area contributed by atoms with Crippen molar-refractivity contribution in [3.05, 3.63) is 93.3 Å². The predicted octanol–water partition coefficient (Wildman–Crippen LogP) is 5.87. The minimum absolute atomic E-state index is 0.124. The van der Waals surface area contributed by atoms with Crippen LogP contribution in [-0.4, -0.2) is 24.4 Å². The number of amides is 1. The quantitative estimate of drug-likeness (QED) is 0.279. The van der Waals surface area contributed by atoms with Gasteiger partial charge in [0.25, 0.3) is 0 Å². The second-order valence-electron chi connectivity index (χ2n) is 7.78. The summed E-state index contributed by atoms with van der Waals surface area (Å²) >= 11 is 3.50. The van der Waals surface area contributed by atoms with Crippen molar-refractivity contribution >= 4 is 45.5 Å². The van der Waals surface area contributed by atoms with Crippen LogP contribution in [0, 0.1) is 5.82 Å². The van der Waals surface area contributed by atoms with E-state index in [1.165, 1.54) is 19.1 Å². The molecule has 3 aromatic rings. The molecule has 1 amide bonds. The van der Waals surface area contributed by atoms with E-state index in [0.29, 0.717) is 45.0 Å². The van der Waals surface area contributed by atoms with E-state index in [9.17, 15) is 14.0 Å². The second kappa shape index (κ2) is 11.2. The highest BCUT2D eigenvalue weighted by Gasteiger charge is 2.24. The number of halogens is 2. The Morgan fingerprint density at radius 2 is 1.92 bits per heavy atom. The zero-order chi connectivity index (χ0) is 25.7. The molecule has 36 heavy (non-hydrogen) atoms. The van der Waals surface area contributed by atoms with Gasteiger partial charge in [0.2, 0.25) is 11.8 Å². The van der Waals surface area contributed by atoms with Gasteiger partial charge in [0.1, 0.15) is 12.4 Å². The maximum absolute atomic E-state index is 13.5. The smallest absolute Gasteiger partial charge is 0.363 e. The third-order valence-electron chi connectivity index (χ3n) is 4.98. The Morgan fingerprint density at radius 3 is 2.61 bits per heavy atom. The molecule has 0 radical (unpaired) electrons. The third kappa shape index (κ3) is 6.17. The summed E-state index contributed by atoms with van der Waals surface area (Å²) < 4.78 is 31.1. The van der Waals surface area contributed by atoms with Gasteiger partial charge in [-0.2, -0.15) is 0 Å². The summed E-state index contributed by atoms with van der Waals surface area (Å²) in [5, 5.41) is 2.68. The zero-order valence-corrected chi connectivity index (χ0v) is 21.1. The molecule has 1 aliphatic rings. The maximum Gasteiger partial charge on any atom is 0.363 e. The fourth-order valence-electron chi connectivity index (χ4n) is 3.45. The zero-order valence-electron chi connectivity index (χ0n) is 19.5. The number of ether oxygens (including phenoxy) is 3. The molecule has 9 heteroatoms. The molecule has 1 N–H and O–H groups in total. The van der Waals surface area contributed by atoms with E-state index in [2.05, 4.69) is 26.2 Å². The van der Waals surface area contributed by atoms with Crippen LogP contribution in [0.2, 0.25) is 0 Å². The van der Waals surface area contributed by atoms with Gasteiger partial charge in [-0.25, -0.2) is 14.2 Å². The lowest BCUT2D eigenvalue weighted by atomic mass is 10.1. The molecular formula is C27H22BrFN2O5. The summed E-state index contributed by atoms with van der Waals surface area (Å²) in [6.45, 7) is 3.81. The summed E-state index contributed by atoms with van der Waals surface area (Å²) in [7, 11) is 0. The number of nitrogens with zero attached hydrogens (tertiary/aromatic N) is 1. The van der Waals surface area contributed by atoms with Crippen LogP contribution in [-0.2, 0) is 20.9 Å². The molecule has 0 bridgehead atoms. The van der Waals surface area contributed by atoms with Crippen molar-refractivity contribution in [2.24, 2.45) is 4.99 Å². The number of esters is 1. The number of carbonyl (C=O) groups is 2. The number of cyclic esters (lactones) is 1. The second-order valence-corrected chi connectivity index (χ2v) is 8.63. The first kappa shape index (κ1) is 25.1. The molecule has 0 aliphatic carbocycles. The van der Waals surface area contributed by atoms with E-state index in [-0.39, 0.29) is 29.9 Å². The summed E-state index contributed by atoms with van der Waals surface area (Å²) in [5.41, 5.74) is 2.66. The lowest BCUT2D eigenvalue weighted by molar-refractivity contribution is -0.129. The van der Waals surface area contributed by atoms with Crippen LogP contribution >= 0.6 is 15.9 Å². The van der Waals surface area contributed by atoms with Crippen LogP contribution in [0.4, 0.5) is 10.1 Å². The van der Waals surface area contributed by atoms with Gasteiger partial charge in [-0.05, 0) is 88.6 Å². The highest BCUT2D eigenvalue weighted by Crippen LogP contribution is 2.38. The van der Waals surface area contributed by atoms with Crippen LogP contribution in [0.3, 0.4) is 0 Å². The largest absolute Gasteiger partial charge is 0.490 e. The molecule has 0 spiro atoms. The fourth-order valence-corrected chi connectivity index (χ4v) is 4.02. The van der Waals surface area contributed by atoms with Gasteiger partial charge in [-0.1, -0.05) is 12.1 Å². The van der Waals surface area contributed by atoms with Gasteiger partial charge in [0.05, 0.1) is 11.1 Å². The lowest BCUT2D eigenvalue weighted by Gasteiger charge is -2.15. The van der Waals surface area contributed by atoms with Crippen LogP contribution < -0.4 is 14.8 Å². The fraction of sp³-hybridized carbons (Fsp3) is 0.148. The molecule has 0 saturated carbocycles. The summed E-state index contributed by atoms with van der Waals surface area (Å²) in [4.78, 5) is 28.0. The molecule has 0 fully saturated rings. The van der Waals surface area contributed by atoms with Gasteiger partial charge < -0.3 is 19.5 Å². The van der Waals surface area contributed by atoms with Crippen LogP contribution in [0.5, 0.6) is 11.5 Å². The Morgan fingerprint density at radius 1 is 1.14 bits per heavy atom. The van der Waals surface area contributed by atoms with Crippen molar-refractivity contribution in [2.75, 3.05) is 11.9 Å². The first-order valence-corrected chi connectivity index (χ1v) is 11.9. The monoisotopic (exact) mass is 552 g/mol. The topological polar surface area (TPSA) is 86.2 Å². The molecule has 0 atom stereocenters. The first-order valence-electron chi connectivity index (χ1n) is 11.1. The van der Waals surface area contributed by atoms with Crippen molar-refractivity contribution in [1.82, 2.24) is 0 Å². The minimum atomic E-state index is -0.587. The Hall–Kier alpha value is -3.98. The number of rotatable bonds is 8. The van der Waals surface area contributed by atoms with Gasteiger partial charge in [0.15, 0.2) is 17.2 Å². The van der Waals surface area contributed by atoms with Crippen LogP contribution in [0.15, 0.2) is 75.8 Å². The van der Waals surface area contributed by atoms with Crippen molar-refractivity contribution in [1.29, 1.82) is 0 Å². The number of hydrogen-bond acceptors (Lipinski definition) is 6. The minimum Gasteiger partial charge on any atom is -0.490 e. The van der Waals surface area contributed by atoms with E-state index in [4.69, 9.17) is 14.2 Å². The summed E-state index contributed by atoms with van der Waals surface area (Å²) in [5.74, 6) is -0.0223. The Balaban J connectivity index is 1.57. The van der Waals surface area contributed by atoms with Crippen molar-refractivity contribution < 1.29 is 28.2 Å². The molecule has 4 rings (SSSR count). The lowest BCUT2D eigenvalue weighted by Crippen LogP contribution is -2.07. The molecule has 1 aliphatic heterocycles. The Bertz CT molecular complexity index is 1370. The van der Waals surface area contributed by atoms with Crippen LogP contribution in [0.1, 0.15) is 30.5 Å². The first-order chi connectivity index (χ1) is 17.3. The Labute approximate surface area is 215 Å². The van der Waals surface area contributed by atoms with Crippen LogP contribution in [0.25, 0.3) is 6.08 Å². The molecule has 184 valence electrons. The maximum atomic E-state index is 13.5. The molecule has 0 saturated heterocycles. The molecule has 0 aromatic heterocycles. The van der Waals surface area contributed by atoms with E-state index in [1.54, 1.807) is 54.6 Å². The van der Waals surface area contributed by atoms with E-state index in [0.717, 1.165) is 0 Å². The number of anilines is 1. The Kier molecular flexibility index (Phi) is 7.80. The number of hydrogen-bond donors (Lipinski definition) is 1. The number of benzene rings is 3. The molecule has 3 aromatic carbocycles. The number of nitrogens with one attached hydrogen (secondary N) is 1. The highest BCUT2D eigenvalue weighted by atomic mass is 79.9. The average Bonchev–Trinajstić information content (AvgIpc) is 3.19. The molecule has 7 nitrogen and oxygen atoms in total. The summed E-state index contributed by atoms with van der Waals surface area (Å²) in [6.07, 6.45) is 1.59. The summed E-state index contributed by atoms with van der Waals surface area (Å²) in [6, 6.07) is 16.5. The predicted molar refractivity (Wildman–Crippen MR) is 137 cm³/mol. The molecular weight excluding hydrogens is 531 g/mol. The highest BCUT2D eigenvalue weighted by molar-refractivity contribution is 9.10. The van der Waals surface area contributed by atoms with E-state index in [1.807, 2.05) is 6.92 Å². The van der Waals surface area contributed by atoms with Gasteiger partial charge >= 0.3 is 5.97 Å². The van der Waals surface area contributed by atoms with E-state index >= 15 is 0 Å². The van der Waals surface area contributed by atoms with Crippen molar-refractivity contribution in [3.63, 3.8) is 0 Å². The standard InChI is InChI=1S/C27H22BrFN2O5/c1-3-34-24-14-18(12-22(28)25(24)35-15-17-5-4-6-20(29)11-17)13-23-27(33)36-26(31-23)19-7-9-21(10-8-19)30-16(2)32/h4-14H,3,15H2,1-2H3,(H,30,32)/b23-13-. The van der Waals surface area contributed by atoms with Crippen molar-refractivity contribution in [3.8, 4) is 11.5 Å². The molecule has 1 heterocycles. The SMILES string of the molecule is CCOc1cc(/C=C2\N=C(c3ccc(NC(C)=O)cc3)OC2=O)cc(Br)c1OCc1cccc(F)c1.